The molecule has 1 heterocycles. The largest absolute Gasteiger partial charge is 0.478 e. The number of nitro groups is 1. The molecule has 1 atom stereocenters. The van der Waals surface area contributed by atoms with Gasteiger partial charge in [-0.2, -0.15) is 0 Å². The molecule has 1 unspecified atom stereocenters. The number of aromatic amines is 1. The summed E-state index contributed by atoms with van der Waals surface area (Å²) in [6, 6.07) is 22.4. The van der Waals surface area contributed by atoms with Gasteiger partial charge in [0.05, 0.1) is 4.92 Å². The Bertz CT molecular complexity index is 1130. The highest BCUT2D eigenvalue weighted by molar-refractivity contribution is 6.10. The fourth-order valence-electron chi connectivity index (χ4n) is 3.10. The Morgan fingerprint density at radius 3 is 2.32 bits per heavy atom. The van der Waals surface area contributed by atoms with E-state index in [-0.39, 0.29) is 11.5 Å². The number of carbonyl (C=O) groups excluding carboxylic acids is 1. The van der Waals surface area contributed by atoms with E-state index in [0.717, 1.165) is 10.9 Å². The normalized spacial score (nSPS) is 11.9. The third kappa shape index (κ3) is 3.35. The Balaban J connectivity index is 1.71. The maximum atomic E-state index is 13.3. The van der Waals surface area contributed by atoms with Gasteiger partial charge in [0, 0.05) is 40.4 Å². The zero-order chi connectivity index (χ0) is 19.5. The summed E-state index contributed by atoms with van der Waals surface area (Å²) in [7, 11) is 0. The number of fused-ring (bicyclic) bond motifs is 1. The van der Waals surface area contributed by atoms with E-state index in [0.29, 0.717) is 16.9 Å². The lowest BCUT2D eigenvalue weighted by Crippen LogP contribution is -2.19. The van der Waals surface area contributed by atoms with Crippen molar-refractivity contribution in [1.29, 1.82) is 0 Å². The van der Waals surface area contributed by atoms with Crippen molar-refractivity contribution >= 4 is 22.4 Å². The van der Waals surface area contributed by atoms with Gasteiger partial charge in [-0.05, 0) is 18.2 Å². The molecule has 0 aliphatic carbocycles. The van der Waals surface area contributed by atoms with Crippen molar-refractivity contribution in [3.63, 3.8) is 0 Å². The molecule has 1 aromatic heterocycles. The number of carbonyl (C=O) groups is 1. The van der Waals surface area contributed by atoms with Gasteiger partial charge in [0.1, 0.15) is 5.75 Å². The minimum absolute atomic E-state index is 0.0356. The maximum absolute atomic E-state index is 13.3. The lowest BCUT2D eigenvalue weighted by atomic mass is 9.99. The summed E-state index contributed by atoms with van der Waals surface area (Å²) in [6.07, 6.45) is 0.809. The average molecular weight is 372 g/mol. The van der Waals surface area contributed by atoms with Crippen molar-refractivity contribution in [2.24, 2.45) is 0 Å². The van der Waals surface area contributed by atoms with E-state index in [1.54, 1.807) is 6.20 Å². The van der Waals surface area contributed by atoms with Crippen molar-refractivity contribution in [2.45, 2.75) is 6.10 Å². The Labute approximate surface area is 160 Å². The lowest BCUT2D eigenvalue weighted by Gasteiger charge is -2.18. The number of hydrogen-bond acceptors (Lipinski definition) is 4. The molecular weight excluding hydrogens is 356 g/mol. The zero-order valence-electron chi connectivity index (χ0n) is 14.7. The summed E-state index contributed by atoms with van der Waals surface area (Å²) >= 11 is 0. The SMILES string of the molecule is O=C(c1c[nH]c2ccccc12)C(Oc1ccc([N+](=O)[O-])cc1)c1ccccc1. The second kappa shape index (κ2) is 7.36. The smallest absolute Gasteiger partial charge is 0.269 e. The average Bonchev–Trinajstić information content (AvgIpc) is 3.17. The Morgan fingerprint density at radius 2 is 1.61 bits per heavy atom. The predicted octanol–water partition coefficient (Wildman–Crippen LogP) is 5.08. The summed E-state index contributed by atoms with van der Waals surface area (Å²) in [5, 5.41) is 11.7. The van der Waals surface area contributed by atoms with Gasteiger partial charge in [0.15, 0.2) is 6.10 Å². The monoisotopic (exact) mass is 372 g/mol. The molecule has 0 bridgehead atoms. The second-order valence-electron chi connectivity index (χ2n) is 6.27. The predicted molar refractivity (Wildman–Crippen MR) is 106 cm³/mol. The van der Waals surface area contributed by atoms with E-state index in [1.807, 2.05) is 54.6 Å². The summed E-state index contributed by atoms with van der Waals surface area (Å²) in [5.41, 5.74) is 2.07. The van der Waals surface area contributed by atoms with Crippen LogP contribution in [0.3, 0.4) is 0 Å². The molecule has 4 rings (SSSR count). The minimum Gasteiger partial charge on any atom is -0.478 e. The highest BCUT2D eigenvalue weighted by Gasteiger charge is 2.26. The van der Waals surface area contributed by atoms with Crippen molar-refractivity contribution in [3.8, 4) is 5.75 Å². The van der Waals surface area contributed by atoms with E-state index in [1.165, 1.54) is 24.3 Å². The number of rotatable bonds is 6. The zero-order valence-corrected chi connectivity index (χ0v) is 14.7. The van der Waals surface area contributed by atoms with Crippen LogP contribution in [0.2, 0.25) is 0 Å². The highest BCUT2D eigenvalue weighted by atomic mass is 16.6. The maximum Gasteiger partial charge on any atom is 0.269 e. The Kier molecular flexibility index (Phi) is 4.60. The minimum atomic E-state index is -0.873. The number of hydrogen-bond donors (Lipinski definition) is 1. The fraction of sp³-hybridized carbons (Fsp3) is 0.0455. The molecule has 0 saturated carbocycles. The summed E-state index contributed by atoms with van der Waals surface area (Å²) in [6.45, 7) is 0. The van der Waals surface area contributed by atoms with E-state index in [9.17, 15) is 14.9 Å². The number of para-hydroxylation sites is 1. The first-order chi connectivity index (χ1) is 13.6. The molecule has 0 amide bonds. The fourth-order valence-corrected chi connectivity index (χ4v) is 3.10. The molecule has 0 saturated heterocycles. The van der Waals surface area contributed by atoms with Crippen LogP contribution in [0.15, 0.2) is 85.1 Å². The summed E-state index contributed by atoms with van der Waals surface area (Å²) in [4.78, 5) is 26.8. The number of nitrogens with zero attached hydrogens (tertiary/aromatic N) is 1. The number of non-ortho nitro benzene ring substituents is 1. The standard InChI is InChI=1S/C22H16N2O4/c25-21(19-14-23-20-9-5-4-8-18(19)20)22(15-6-2-1-3-7-15)28-17-12-10-16(11-13-17)24(26)27/h1-14,22-23H. The molecule has 3 aromatic carbocycles. The first-order valence-corrected chi connectivity index (χ1v) is 8.70. The van der Waals surface area contributed by atoms with Crippen molar-refractivity contribution in [3.05, 3.63) is 106 Å². The molecule has 0 fully saturated rings. The molecule has 138 valence electrons. The van der Waals surface area contributed by atoms with E-state index < -0.39 is 11.0 Å². The van der Waals surface area contributed by atoms with Gasteiger partial charge in [-0.3, -0.25) is 14.9 Å². The molecule has 6 heteroatoms. The number of nitrogens with one attached hydrogen (secondary N) is 1. The van der Waals surface area contributed by atoms with E-state index in [2.05, 4.69) is 4.98 Å². The van der Waals surface area contributed by atoms with Crippen LogP contribution in [0.4, 0.5) is 5.69 Å². The van der Waals surface area contributed by atoms with E-state index >= 15 is 0 Å². The number of benzene rings is 3. The molecule has 4 aromatic rings. The molecule has 0 radical (unpaired) electrons. The van der Waals surface area contributed by atoms with E-state index in [4.69, 9.17) is 4.74 Å². The van der Waals surface area contributed by atoms with Gasteiger partial charge in [-0.25, -0.2) is 0 Å². The Hall–Kier alpha value is -3.93. The first kappa shape index (κ1) is 17.5. The summed E-state index contributed by atoms with van der Waals surface area (Å²) < 4.78 is 5.98. The van der Waals surface area contributed by atoms with Crippen LogP contribution >= 0.6 is 0 Å². The summed E-state index contributed by atoms with van der Waals surface area (Å²) in [5.74, 6) is 0.189. The van der Waals surface area contributed by atoms with Crippen LogP contribution in [0.25, 0.3) is 10.9 Å². The highest BCUT2D eigenvalue weighted by Crippen LogP contribution is 2.29. The molecule has 0 aliphatic heterocycles. The number of ketones is 1. The molecule has 28 heavy (non-hydrogen) atoms. The van der Waals surface area contributed by atoms with Gasteiger partial charge in [0.25, 0.3) is 5.69 Å². The van der Waals surface area contributed by atoms with Crippen LogP contribution in [-0.4, -0.2) is 15.7 Å². The van der Waals surface area contributed by atoms with Crippen molar-refractivity contribution < 1.29 is 14.5 Å². The first-order valence-electron chi connectivity index (χ1n) is 8.70. The number of H-pyrrole nitrogens is 1. The number of aromatic nitrogens is 1. The lowest BCUT2D eigenvalue weighted by molar-refractivity contribution is -0.384. The van der Waals surface area contributed by atoms with Crippen LogP contribution in [0.5, 0.6) is 5.75 Å². The number of ether oxygens (including phenoxy) is 1. The molecule has 0 spiro atoms. The van der Waals surface area contributed by atoms with Crippen molar-refractivity contribution in [1.82, 2.24) is 4.98 Å². The van der Waals surface area contributed by atoms with Crippen LogP contribution in [0.1, 0.15) is 22.0 Å². The van der Waals surface area contributed by atoms with Gasteiger partial charge in [-0.1, -0.05) is 48.5 Å². The Morgan fingerprint density at radius 1 is 0.929 bits per heavy atom. The van der Waals surface area contributed by atoms with Gasteiger partial charge < -0.3 is 9.72 Å². The second-order valence-corrected chi connectivity index (χ2v) is 6.27. The quantitative estimate of drug-likeness (QED) is 0.291. The molecule has 1 N–H and O–H groups in total. The van der Waals surface area contributed by atoms with Crippen LogP contribution in [0, 0.1) is 10.1 Å². The molecular formula is C22H16N2O4. The topological polar surface area (TPSA) is 85.2 Å². The third-order valence-electron chi connectivity index (χ3n) is 4.50. The van der Waals surface area contributed by atoms with Gasteiger partial charge in [0.2, 0.25) is 5.78 Å². The van der Waals surface area contributed by atoms with Crippen LogP contribution < -0.4 is 4.74 Å². The number of Topliss-reactive ketones (excluding diaryl/α,β-unsaturated/α-hetero) is 1. The van der Waals surface area contributed by atoms with Crippen LogP contribution in [-0.2, 0) is 0 Å². The number of nitro benzene ring substituents is 1. The van der Waals surface area contributed by atoms with Gasteiger partial charge in [-0.15, -0.1) is 0 Å². The van der Waals surface area contributed by atoms with Gasteiger partial charge >= 0.3 is 0 Å². The third-order valence-corrected chi connectivity index (χ3v) is 4.50. The van der Waals surface area contributed by atoms with Crippen molar-refractivity contribution in [2.75, 3.05) is 0 Å². The molecule has 0 aliphatic rings. The molecule has 6 nitrogen and oxygen atoms in total.